The molecule has 7 heteroatoms. The van der Waals surface area contributed by atoms with Gasteiger partial charge in [-0.15, -0.1) is 0 Å². The van der Waals surface area contributed by atoms with Crippen LogP contribution in [-0.2, 0) is 9.53 Å². The highest BCUT2D eigenvalue weighted by Gasteiger charge is 2.16. The van der Waals surface area contributed by atoms with Crippen LogP contribution in [-0.4, -0.2) is 44.7 Å². The van der Waals surface area contributed by atoms with Gasteiger partial charge in [0.05, 0.1) is 31.0 Å². The molecule has 7 nitrogen and oxygen atoms in total. The minimum Gasteiger partial charge on any atom is -0.497 e. The number of nitrogens with one attached hydrogen (secondary N) is 3. The lowest BCUT2D eigenvalue weighted by Gasteiger charge is -2.13. The molecule has 1 fully saturated rings. The lowest BCUT2D eigenvalue weighted by molar-refractivity contribution is -0.115. The fourth-order valence-corrected chi connectivity index (χ4v) is 3.01. The van der Waals surface area contributed by atoms with Gasteiger partial charge in [-0.2, -0.15) is 0 Å². The van der Waals surface area contributed by atoms with Crippen LogP contribution in [0.15, 0.2) is 48.5 Å². The van der Waals surface area contributed by atoms with E-state index in [1.165, 1.54) is 0 Å². The van der Waals surface area contributed by atoms with E-state index in [1.54, 1.807) is 55.6 Å². The van der Waals surface area contributed by atoms with Gasteiger partial charge in [-0.05, 0) is 49.2 Å². The van der Waals surface area contributed by atoms with E-state index < -0.39 is 0 Å². The average Bonchev–Trinajstić information content (AvgIpc) is 3.22. The predicted octanol–water partition coefficient (Wildman–Crippen LogP) is 2.65. The second-order valence-corrected chi connectivity index (χ2v) is 6.54. The van der Waals surface area contributed by atoms with Crippen LogP contribution in [0.3, 0.4) is 0 Å². The number of para-hydroxylation sites is 1. The van der Waals surface area contributed by atoms with Gasteiger partial charge in [-0.3, -0.25) is 9.59 Å². The number of amides is 2. The maximum atomic E-state index is 12.6. The van der Waals surface area contributed by atoms with Crippen LogP contribution >= 0.6 is 0 Å². The monoisotopic (exact) mass is 383 g/mol. The first-order valence-electron chi connectivity index (χ1n) is 9.32. The molecule has 1 aliphatic heterocycles. The number of anilines is 2. The van der Waals surface area contributed by atoms with Crippen molar-refractivity contribution in [1.82, 2.24) is 5.32 Å². The molecule has 0 saturated carbocycles. The van der Waals surface area contributed by atoms with Crippen LogP contribution in [0.5, 0.6) is 5.75 Å². The van der Waals surface area contributed by atoms with E-state index in [0.717, 1.165) is 19.4 Å². The highest BCUT2D eigenvalue weighted by atomic mass is 16.5. The Morgan fingerprint density at radius 2 is 1.89 bits per heavy atom. The van der Waals surface area contributed by atoms with Crippen LogP contribution in [0.4, 0.5) is 11.4 Å². The molecule has 0 radical (unpaired) electrons. The van der Waals surface area contributed by atoms with Gasteiger partial charge in [-0.25, -0.2) is 0 Å². The van der Waals surface area contributed by atoms with Gasteiger partial charge in [0.25, 0.3) is 5.91 Å². The molecule has 1 atom stereocenters. The molecule has 28 heavy (non-hydrogen) atoms. The van der Waals surface area contributed by atoms with Crippen molar-refractivity contribution in [1.29, 1.82) is 0 Å². The minimum atomic E-state index is -0.298. The Morgan fingerprint density at radius 3 is 2.61 bits per heavy atom. The van der Waals surface area contributed by atoms with E-state index >= 15 is 0 Å². The molecular weight excluding hydrogens is 358 g/mol. The van der Waals surface area contributed by atoms with Crippen molar-refractivity contribution in [3.05, 3.63) is 54.1 Å². The molecule has 0 unspecified atom stereocenters. The molecule has 2 aromatic rings. The van der Waals surface area contributed by atoms with Crippen molar-refractivity contribution in [3.63, 3.8) is 0 Å². The summed E-state index contributed by atoms with van der Waals surface area (Å²) in [6.45, 7) is 1.59. The lowest BCUT2D eigenvalue weighted by atomic mass is 10.1. The number of rotatable bonds is 8. The topological polar surface area (TPSA) is 88.7 Å². The van der Waals surface area contributed by atoms with Crippen molar-refractivity contribution in [2.24, 2.45) is 0 Å². The maximum absolute atomic E-state index is 12.6. The van der Waals surface area contributed by atoms with Crippen molar-refractivity contribution < 1.29 is 19.1 Å². The van der Waals surface area contributed by atoms with Crippen molar-refractivity contribution in [2.45, 2.75) is 18.9 Å². The normalized spacial score (nSPS) is 15.8. The Morgan fingerprint density at radius 1 is 1.11 bits per heavy atom. The van der Waals surface area contributed by atoms with Crippen LogP contribution in [0.2, 0.25) is 0 Å². The van der Waals surface area contributed by atoms with Gasteiger partial charge < -0.3 is 25.4 Å². The van der Waals surface area contributed by atoms with Crippen LogP contribution in [0.1, 0.15) is 23.2 Å². The molecule has 0 aromatic heterocycles. The van der Waals surface area contributed by atoms with E-state index in [0.29, 0.717) is 29.2 Å². The third-order valence-electron chi connectivity index (χ3n) is 4.48. The molecule has 1 heterocycles. The Bertz CT molecular complexity index is 802. The Kier molecular flexibility index (Phi) is 7.00. The van der Waals surface area contributed by atoms with E-state index in [-0.39, 0.29) is 24.5 Å². The van der Waals surface area contributed by atoms with Gasteiger partial charge in [0.15, 0.2) is 0 Å². The molecule has 3 rings (SSSR count). The Labute approximate surface area is 164 Å². The summed E-state index contributed by atoms with van der Waals surface area (Å²) in [4.78, 5) is 24.9. The van der Waals surface area contributed by atoms with Gasteiger partial charge in [-0.1, -0.05) is 12.1 Å². The first kappa shape index (κ1) is 19.9. The van der Waals surface area contributed by atoms with E-state index in [1.807, 2.05) is 0 Å². The molecule has 1 saturated heterocycles. The molecule has 2 aromatic carbocycles. The molecule has 3 N–H and O–H groups in total. The zero-order valence-electron chi connectivity index (χ0n) is 15.9. The number of carbonyl (C=O) groups is 2. The third-order valence-corrected chi connectivity index (χ3v) is 4.48. The highest BCUT2D eigenvalue weighted by Crippen LogP contribution is 2.19. The Balaban J connectivity index is 1.56. The summed E-state index contributed by atoms with van der Waals surface area (Å²) in [7, 11) is 1.59. The number of benzene rings is 2. The zero-order chi connectivity index (χ0) is 19.8. The number of carbonyl (C=O) groups excluding carboxylic acids is 2. The second-order valence-electron chi connectivity index (χ2n) is 6.54. The largest absolute Gasteiger partial charge is 0.497 e. The van der Waals surface area contributed by atoms with Crippen LogP contribution in [0, 0.1) is 0 Å². The smallest absolute Gasteiger partial charge is 0.257 e. The first-order valence-corrected chi connectivity index (χ1v) is 9.32. The maximum Gasteiger partial charge on any atom is 0.257 e. The SMILES string of the molecule is COc1ccc(NC(=O)c2ccccc2NC(=O)CNC[C@@H]2CCCO2)cc1. The average molecular weight is 383 g/mol. The van der Waals surface area contributed by atoms with Gasteiger partial charge in [0.2, 0.25) is 5.91 Å². The van der Waals surface area contributed by atoms with Crippen molar-refractivity contribution in [3.8, 4) is 5.75 Å². The second kappa shape index (κ2) is 9.87. The van der Waals surface area contributed by atoms with Crippen LogP contribution in [0.25, 0.3) is 0 Å². The van der Waals surface area contributed by atoms with E-state index in [4.69, 9.17) is 9.47 Å². The molecule has 0 bridgehead atoms. The molecule has 0 spiro atoms. The number of hydrogen-bond donors (Lipinski definition) is 3. The van der Waals surface area contributed by atoms with Crippen molar-refractivity contribution in [2.75, 3.05) is 37.4 Å². The summed E-state index contributed by atoms with van der Waals surface area (Å²) in [5.74, 6) is 0.206. The molecule has 0 aliphatic carbocycles. The fourth-order valence-electron chi connectivity index (χ4n) is 3.01. The molecule has 148 valence electrons. The van der Waals surface area contributed by atoms with Crippen molar-refractivity contribution >= 4 is 23.2 Å². The first-order chi connectivity index (χ1) is 13.7. The fraction of sp³-hybridized carbons (Fsp3) is 0.333. The summed E-state index contributed by atoms with van der Waals surface area (Å²) < 4.78 is 10.6. The van der Waals surface area contributed by atoms with Crippen LogP contribution < -0.4 is 20.7 Å². The number of hydrogen-bond acceptors (Lipinski definition) is 5. The summed E-state index contributed by atoms with van der Waals surface area (Å²) in [5.41, 5.74) is 1.51. The number of ether oxygens (including phenoxy) is 2. The summed E-state index contributed by atoms with van der Waals surface area (Å²) >= 11 is 0. The lowest BCUT2D eigenvalue weighted by Crippen LogP contribution is -2.34. The quantitative estimate of drug-likeness (QED) is 0.652. The van der Waals surface area contributed by atoms with E-state index in [9.17, 15) is 9.59 Å². The summed E-state index contributed by atoms with van der Waals surface area (Å²) in [6, 6.07) is 14.0. The molecule has 2 amide bonds. The number of methoxy groups -OCH3 is 1. The summed E-state index contributed by atoms with van der Waals surface area (Å²) in [5, 5.41) is 8.72. The van der Waals surface area contributed by atoms with Gasteiger partial charge >= 0.3 is 0 Å². The van der Waals surface area contributed by atoms with Gasteiger partial charge in [0, 0.05) is 18.8 Å². The summed E-state index contributed by atoms with van der Waals surface area (Å²) in [6.07, 6.45) is 2.26. The molecular formula is C21H25N3O4. The van der Waals surface area contributed by atoms with E-state index in [2.05, 4.69) is 16.0 Å². The third kappa shape index (κ3) is 5.55. The minimum absolute atomic E-state index is 0.161. The highest BCUT2D eigenvalue weighted by molar-refractivity contribution is 6.10. The zero-order valence-corrected chi connectivity index (χ0v) is 15.9. The standard InChI is InChI=1S/C21H25N3O4/c1-27-16-10-8-15(9-11-16)23-21(26)18-6-2-3-7-19(18)24-20(25)14-22-13-17-5-4-12-28-17/h2-3,6-11,17,22H,4-5,12-14H2,1H3,(H,23,26)(H,24,25)/t17-/m0/s1. The predicted molar refractivity (Wildman–Crippen MR) is 108 cm³/mol. The molecule has 1 aliphatic rings. The Hall–Kier alpha value is -2.90. The van der Waals surface area contributed by atoms with Gasteiger partial charge in [0.1, 0.15) is 5.75 Å².